The highest BCUT2D eigenvalue weighted by atomic mass is 16.5. The molecule has 0 saturated heterocycles. The van der Waals surface area contributed by atoms with Crippen molar-refractivity contribution in [2.24, 2.45) is 5.16 Å². The lowest BCUT2D eigenvalue weighted by Gasteiger charge is -2.19. The molecule has 1 aromatic heterocycles. The molecule has 25 heavy (non-hydrogen) atoms. The van der Waals surface area contributed by atoms with Crippen molar-refractivity contribution in [1.29, 1.82) is 0 Å². The van der Waals surface area contributed by atoms with Crippen molar-refractivity contribution in [3.05, 3.63) is 101 Å². The summed E-state index contributed by atoms with van der Waals surface area (Å²) in [7, 11) is 2.06. The van der Waals surface area contributed by atoms with Crippen molar-refractivity contribution in [3.63, 3.8) is 0 Å². The standard InChI is InChI=1S/C20H19BN2O2/c21-18-8-6-16(7-9-18)19(15-4-2-1-3-5-15)14-20(22-24)17-10-12-23(25)13-11-17/h1-13,19,24H,14,21H2/b22-20+. The SMILES string of the molecule is Bc1ccc(C(C/C(=N\O)c2cc[n+]([O-])cc2)c2ccccc2)cc1. The summed E-state index contributed by atoms with van der Waals surface area (Å²) in [6.45, 7) is 0. The van der Waals surface area contributed by atoms with Gasteiger partial charge in [-0.3, -0.25) is 0 Å². The van der Waals surface area contributed by atoms with E-state index in [2.05, 4.69) is 49.4 Å². The first-order chi connectivity index (χ1) is 12.2. The monoisotopic (exact) mass is 330 g/mol. The van der Waals surface area contributed by atoms with Crippen molar-refractivity contribution >= 4 is 19.0 Å². The molecule has 0 fully saturated rings. The summed E-state index contributed by atoms with van der Waals surface area (Å²) in [5, 5.41) is 24.3. The highest BCUT2D eigenvalue weighted by Crippen LogP contribution is 2.29. The van der Waals surface area contributed by atoms with E-state index in [0.29, 0.717) is 16.9 Å². The van der Waals surface area contributed by atoms with Crippen LogP contribution in [0, 0.1) is 5.21 Å². The second kappa shape index (κ2) is 7.66. The zero-order valence-corrected chi connectivity index (χ0v) is 14.0. The predicted molar refractivity (Wildman–Crippen MR) is 101 cm³/mol. The van der Waals surface area contributed by atoms with Gasteiger partial charge in [0, 0.05) is 30.0 Å². The third-order valence-electron chi connectivity index (χ3n) is 4.34. The number of hydrogen-bond acceptors (Lipinski definition) is 3. The Labute approximate surface area is 148 Å². The summed E-state index contributed by atoms with van der Waals surface area (Å²) < 4.78 is 0.715. The summed E-state index contributed by atoms with van der Waals surface area (Å²) in [4.78, 5) is 0. The van der Waals surface area contributed by atoms with Crippen LogP contribution in [-0.2, 0) is 0 Å². The van der Waals surface area contributed by atoms with E-state index in [9.17, 15) is 10.4 Å². The number of rotatable bonds is 5. The van der Waals surface area contributed by atoms with Crippen LogP contribution in [0.2, 0.25) is 0 Å². The van der Waals surface area contributed by atoms with Crippen LogP contribution >= 0.6 is 0 Å². The largest absolute Gasteiger partial charge is 0.619 e. The molecule has 1 unspecified atom stereocenters. The molecule has 1 atom stereocenters. The fourth-order valence-corrected chi connectivity index (χ4v) is 2.93. The van der Waals surface area contributed by atoms with Gasteiger partial charge < -0.3 is 10.4 Å². The molecule has 0 aliphatic rings. The first-order valence-corrected chi connectivity index (χ1v) is 8.19. The summed E-state index contributed by atoms with van der Waals surface area (Å²) in [6, 6.07) is 21.9. The molecule has 1 heterocycles. The second-order valence-corrected chi connectivity index (χ2v) is 6.07. The van der Waals surface area contributed by atoms with Gasteiger partial charge >= 0.3 is 0 Å². The quantitative estimate of drug-likeness (QED) is 0.194. The average Bonchev–Trinajstić information content (AvgIpc) is 2.65. The Morgan fingerprint density at radius 2 is 1.56 bits per heavy atom. The number of pyridine rings is 1. The molecule has 1 N–H and O–H groups in total. The Morgan fingerprint density at radius 3 is 2.16 bits per heavy atom. The van der Waals surface area contributed by atoms with Gasteiger partial charge in [0.15, 0.2) is 12.4 Å². The lowest BCUT2D eigenvalue weighted by atomic mass is 9.84. The number of hydrogen-bond donors (Lipinski definition) is 1. The smallest absolute Gasteiger partial charge is 0.181 e. The van der Waals surface area contributed by atoms with Crippen LogP contribution in [0.25, 0.3) is 0 Å². The first kappa shape index (κ1) is 16.8. The zero-order valence-electron chi connectivity index (χ0n) is 14.0. The Balaban J connectivity index is 1.96. The second-order valence-electron chi connectivity index (χ2n) is 6.07. The van der Waals surface area contributed by atoms with Crippen molar-refractivity contribution in [1.82, 2.24) is 0 Å². The Hall–Kier alpha value is -3.08. The van der Waals surface area contributed by atoms with Crippen molar-refractivity contribution in [2.75, 3.05) is 0 Å². The maximum atomic E-state index is 11.2. The van der Waals surface area contributed by atoms with Gasteiger partial charge in [0.25, 0.3) is 0 Å². The normalized spacial score (nSPS) is 12.7. The van der Waals surface area contributed by atoms with Crippen LogP contribution in [0.3, 0.4) is 0 Å². The van der Waals surface area contributed by atoms with Gasteiger partial charge in [-0.05, 0) is 11.1 Å². The van der Waals surface area contributed by atoms with E-state index in [1.54, 1.807) is 12.1 Å². The molecule has 5 heteroatoms. The average molecular weight is 330 g/mol. The topological polar surface area (TPSA) is 59.5 Å². The highest BCUT2D eigenvalue weighted by Gasteiger charge is 2.19. The van der Waals surface area contributed by atoms with Crippen molar-refractivity contribution < 1.29 is 9.94 Å². The number of oxime groups is 1. The van der Waals surface area contributed by atoms with E-state index in [1.165, 1.54) is 17.9 Å². The van der Waals surface area contributed by atoms with E-state index in [-0.39, 0.29) is 5.92 Å². The van der Waals surface area contributed by atoms with Crippen LogP contribution in [0.4, 0.5) is 0 Å². The van der Waals surface area contributed by atoms with Gasteiger partial charge in [-0.2, -0.15) is 4.73 Å². The maximum Gasteiger partial charge on any atom is 0.181 e. The Bertz CT molecular complexity index is 847. The van der Waals surface area contributed by atoms with Crippen LogP contribution < -0.4 is 10.2 Å². The van der Waals surface area contributed by atoms with Gasteiger partial charge in [-0.25, -0.2) is 0 Å². The molecule has 3 aromatic rings. The van der Waals surface area contributed by atoms with Crippen LogP contribution in [0.15, 0.2) is 84.3 Å². The minimum atomic E-state index is 0.0623. The van der Waals surface area contributed by atoms with E-state index < -0.39 is 0 Å². The Kier molecular flexibility index (Phi) is 5.14. The summed E-state index contributed by atoms with van der Waals surface area (Å²) in [6.07, 6.45) is 3.35. The van der Waals surface area contributed by atoms with E-state index in [1.807, 2.05) is 18.2 Å². The lowest BCUT2D eigenvalue weighted by Crippen LogP contribution is -2.24. The molecule has 0 aliphatic carbocycles. The number of aromatic nitrogens is 1. The summed E-state index contributed by atoms with van der Waals surface area (Å²) in [5.74, 6) is 0.0623. The zero-order chi connectivity index (χ0) is 17.6. The molecule has 0 amide bonds. The molecular formula is C20H19BN2O2. The molecule has 2 aromatic carbocycles. The molecule has 0 spiro atoms. The van der Waals surface area contributed by atoms with Crippen LogP contribution in [0.5, 0.6) is 0 Å². The highest BCUT2D eigenvalue weighted by molar-refractivity contribution is 6.32. The minimum Gasteiger partial charge on any atom is -0.619 e. The van der Waals surface area contributed by atoms with Crippen LogP contribution in [0.1, 0.15) is 29.0 Å². The fraction of sp³-hybridized carbons (Fsp3) is 0.100. The van der Waals surface area contributed by atoms with E-state index in [4.69, 9.17) is 0 Å². The van der Waals surface area contributed by atoms with Gasteiger partial charge in [-0.15, -0.1) is 0 Å². The lowest BCUT2D eigenvalue weighted by molar-refractivity contribution is -0.605. The minimum absolute atomic E-state index is 0.0623. The molecule has 0 bridgehead atoms. The van der Waals surface area contributed by atoms with Crippen molar-refractivity contribution in [2.45, 2.75) is 12.3 Å². The van der Waals surface area contributed by atoms with E-state index >= 15 is 0 Å². The van der Waals surface area contributed by atoms with E-state index in [0.717, 1.165) is 16.7 Å². The van der Waals surface area contributed by atoms with Gasteiger partial charge in [0.05, 0.1) is 5.71 Å². The fourth-order valence-electron chi connectivity index (χ4n) is 2.93. The molecular weight excluding hydrogens is 311 g/mol. The molecule has 124 valence electrons. The Morgan fingerprint density at radius 1 is 0.960 bits per heavy atom. The predicted octanol–water partition coefficient (Wildman–Crippen LogP) is 1.98. The van der Waals surface area contributed by atoms with Gasteiger partial charge in [-0.1, -0.05) is 65.2 Å². The molecule has 4 nitrogen and oxygen atoms in total. The van der Waals surface area contributed by atoms with Gasteiger partial charge in [0.1, 0.15) is 7.85 Å². The molecule has 0 aliphatic heterocycles. The maximum absolute atomic E-state index is 11.2. The number of nitrogens with zero attached hydrogens (tertiary/aromatic N) is 2. The molecule has 3 rings (SSSR count). The molecule has 0 radical (unpaired) electrons. The molecule has 0 saturated carbocycles. The first-order valence-electron chi connectivity index (χ1n) is 8.19. The third kappa shape index (κ3) is 4.07. The van der Waals surface area contributed by atoms with Crippen LogP contribution in [-0.4, -0.2) is 18.8 Å². The summed E-state index contributed by atoms with van der Waals surface area (Å²) >= 11 is 0. The number of benzene rings is 2. The van der Waals surface area contributed by atoms with Gasteiger partial charge in [0.2, 0.25) is 0 Å². The summed E-state index contributed by atoms with van der Waals surface area (Å²) in [5.41, 5.74) is 4.81. The third-order valence-corrected chi connectivity index (χ3v) is 4.34. The van der Waals surface area contributed by atoms with Crippen molar-refractivity contribution in [3.8, 4) is 0 Å².